The number of carboxylic acid groups (broad SMARTS) is 1. The molecular formula is C10H14N2O2. The second kappa shape index (κ2) is 2.85. The number of hydrogen-bond donors (Lipinski definition) is 2. The van der Waals surface area contributed by atoms with Crippen molar-refractivity contribution in [1.29, 1.82) is 0 Å². The molecule has 1 aliphatic rings. The van der Waals surface area contributed by atoms with Gasteiger partial charge in [0.05, 0.1) is 5.54 Å². The first-order valence-corrected chi connectivity index (χ1v) is 4.66. The van der Waals surface area contributed by atoms with Crippen molar-refractivity contribution in [2.45, 2.75) is 25.4 Å². The number of aromatic nitrogens is 1. The second-order valence-electron chi connectivity index (χ2n) is 4.27. The Labute approximate surface area is 82.5 Å². The van der Waals surface area contributed by atoms with E-state index >= 15 is 0 Å². The van der Waals surface area contributed by atoms with Crippen LogP contribution in [0.15, 0.2) is 18.3 Å². The van der Waals surface area contributed by atoms with Gasteiger partial charge in [0.1, 0.15) is 6.04 Å². The summed E-state index contributed by atoms with van der Waals surface area (Å²) in [7, 11) is 0. The van der Waals surface area contributed by atoms with Gasteiger partial charge in [0.15, 0.2) is 0 Å². The monoisotopic (exact) mass is 194 g/mol. The molecule has 0 saturated carbocycles. The Hall–Kier alpha value is -1.29. The molecule has 0 spiro atoms. The SMILES string of the molecule is CC1(C)CN[C@@H](C(=O)O)c2cccn21. The predicted octanol–water partition coefficient (Wildman–Crippen LogP) is 0.952. The summed E-state index contributed by atoms with van der Waals surface area (Å²) in [5.74, 6) is -0.819. The first-order chi connectivity index (χ1) is 6.52. The molecule has 4 heteroatoms. The Morgan fingerprint density at radius 1 is 1.71 bits per heavy atom. The first-order valence-electron chi connectivity index (χ1n) is 4.66. The zero-order chi connectivity index (χ0) is 10.3. The molecule has 0 aromatic carbocycles. The van der Waals surface area contributed by atoms with Crippen molar-refractivity contribution in [2.24, 2.45) is 0 Å². The molecule has 76 valence electrons. The van der Waals surface area contributed by atoms with E-state index in [1.54, 1.807) is 0 Å². The minimum Gasteiger partial charge on any atom is -0.480 e. The molecule has 0 fully saturated rings. The molecule has 0 aliphatic carbocycles. The van der Waals surface area contributed by atoms with Crippen LogP contribution in [-0.2, 0) is 10.3 Å². The van der Waals surface area contributed by atoms with Crippen LogP contribution in [0.25, 0.3) is 0 Å². The maximum Gasteiger partial charge on any atom is 0.326 e. The molecule has 1 aromatic heterocycles. The van der Waals surface area contributed by atoms with Gasteiger partial charge in [-0.3, -0.25) is 10.1 Å². The second-order valence-corrected chi connectivity index (χ2v) is 4.27. The molecule has 2 rings (SSSR count). The van der Waals surface area contributed by atoms with Gasteiger partial charge in [-0.1, -0.05) is 0 Å². The van der Waals surface area contributed by atoms with Gasteiger partial charge in [0.2, 0.25) is 0 Å². The highest BCUT2D eigenvalue weighted by Gasteiger charge is 2.34. The fraction of sp³-hybridized carbons (Fsp3) is 0.500. The van der Waals surface area contributed by atoms with Gasteiger partial charge in [-0.2, -0.15) is 0 Å². The van der Waals surface area contributed by atoms with Gasteiger partial charge in [0.25, 0.3) is 0 Å². The fourth-order valence-corrected chi connectivity index (χ4v) is 1.94. The van der Waals surface area contributed by atoms with Crippen molar-refractivity contribution in [3.8, 4) is 0 Å². The molecule has 4 nitrogen and oxygen atoms in total. The largest absolute Gasteiger partial charge is 0.480 e. The standard InChI is InChI=1S/C10H14N2O2/c1-10(2)6-11-8(9(13)14)7-4-3-5-12(7)10/h3-5,8,11H,6H2,1-2H3,(H,13,14)/t8-/m1/s1. The zero-order valence-corrected chi connectivity index (χ0v) is 8.32. The van der Waals surface area contributed by atoms with E-state index in [0.29, 0.717) is 6.54 Å². The highest BCUT2D eigenvalue weighted by atomic mass is 16.4. The summed E-state index contributed by atoms with van der Waals surface area (Å²) in [4.78, 5) is 11.0. The number of hydrogen-bond acceptors (Lipinski definition) is 2. The molecule has 1 aromatic rings. The molecule has 0 amide bonds. The number of fused-ring (bicyclic) bond motifs is 1. The summed E-state index contributed by atoms with van der Waals surface area (Å²) in [6, 6.07) is 3.17. The van der Waals surface area contributed by atoms with E-state index in [9.17, 15) is 4.79 Å². The first kappa shape index (κ1) is 9.27. The number of nitrogens with zero attached hydrogens (tertiary/aromatic N) is 1. The van der Waals surface area contributed by atoms with E-state index in [-0.39, 0.29) is 5.54 Å². The van der Waals surface area contributed by atoms with E-state index in [4.69, 9.17) is 5.11 Å². The van der Waals surface area contributed by atoms with E-state index in [2.05, 4.69) is 19.2 Å². The lowest BCUT2D eigenvalue weighted by Gasteiger charge is -2.37. The summed E-state index contributed by atoms with van der Waals surface area (Å²) in [5, 5.41) is 12.0. The van der Waals surface area contributed by atoms with E-state index in [1.807, 2.05) is 22.9 Å². The highest BCUT2D eigenvalue weighted by molar-refractivity contribution is 5.75. The maximum atomic E-state index is 11.0. The average molecular weight is 194 g/mol. The Morgan fingerprint density at radius 2 is 2.43 bits per heavy atom. The normalized spacial score (nSPS) is 24.3. The van der Waals surface area contributed by atoms with E-state index in [0.717, 1.165) is 5.69 Å². The topological polar surface area (TPSA) is 54.3 Å². The van der Waals surface area contributed by atoms with Crippen LogP contribution in [-0.4, -0.2) is 22.2 Å². The Kier molecular flexibility index (Phi) is 1.89. The van der Waals surface area contributed by atoms with Gasteiger partial charge in [-0.05, 0) is 26.0 Å². The van der Waals surface area contributed by atoms with Crippen molar-refractivity contribution in [3.63, 3.8) is 0 Å². The molecule has 1 aliphatic heterocycles. The minimum atomic E-state index is -0.819. The van der Waals surface area contributed by atoms with Crippen LogP contribution >= 0.6 is 0 Å². The van der Waals surface area contributed by atoms with E-state index < -0.39 is 12.0 Å². The molecular weight excluding hydrogens is 180 g/mol. The lowest BCUT2D eigenvalue weighted by Crippen LogP contribution is -2.48. The van der Waals surface area contributed by atoms with Crippen LogP contribution in [0.5, 0.6) is 0 Å². The van der Waals surface area contributed by atoms with Crippen LogP contribution in [0.1, 0.15) is 25.6 Å². The lowest BCUT2D eigenvalue weighted by atomic mass is 9.99. The zero-order valence-electron chi connectivity index (χ0n) is 8.32. The van der Waals surface area contributed by atoms with Gasteiger partial charge in [-0.25, -0.2) is 0 Å². The Bertz CT molecular complexity index is 368. The van der Waals surface area contributed by atoms with Gasteiger partial charge < -0.3 is 9.67 Å². The van der Waals surface area contributed by atoms with Gasteiger partial charge in [-0.15, -0.1) is 0 Å². The number of carbonyl (C=O) groups is 1. The van der Waals surface area contributed by atoms with Crippen LogP contribution in [0.4, 0.5) is 0 Å². The Morgan fingerprint density at radius 3 is 3.07 bits per heavy atom. The van der Waals surface area contributed by atoms with E-state index in [1.165, 1.54) is 0 Å². The van der Waals surface area contributed by atoms with Crippen molar-refractivity contribution >= 4 is 5.97 Å². The van der Waals surface area contributed by atoms with Crippen molar-refractivity contribution in [1.82, 2.24) is 9.88 Å². The molecule has 1 atom stereocenters. The molecule has 0 unspecified atom stereocenters. The lowest BCUT2D eigenvalue weighted by molar-refractivity contribution is -0.140. The smallest absolute Gasteiger partial charge is 0.326 e. The summed E-state index contributed by atoms with van der Waals surface area (Å²) in [6.07, 6.45) is 1.94. The average Bonchev–Trinajstić information content (AvgIpc) is 2.52. The van der Waals surface area contributed by atoms with Crippen molar-refractivity contribution in [3.05, 3.63) is 24.0 Å². The van der Waals surface area contributed by atoms with Crippen LogP contribution in [0.2, 0.25) is 0 Å². The Balaban J connectivity index is 2.47. The van der Waals surface area contributed by atoms with Gasteiger partial charge in [0, 0.05) is 18.4 Å². The quantitative estimate of drug-likeness (QED) is 0.700. The molecule has 2 N–H and O–H groups in total. The third kappa shape index (κ3) is 1.23. The fourth-order valence-electron chi connectivity index (χ4n) is 1.94. The third-order valence-corrected chi connectivity index (χ3v) is 2.71. The minimum absolute atomic E-state index is 0.0508. The highest BCUT2D eigenvalue weighted by Crippen LogP contribution is 2.27. The summed E-state index contributed by atoms with van der Waals surface area (Å²) in [5.41, 5.74) is 0.777. The number of rotatable bonds is 1. The van der Waals surface area contributed by atoms with Crippen LogP contribution in [0, 0.1) is 0 Å². The number of aliphatic carboxylic acids is 1. The predicted molar refractivity (Wildman–Crippen MR) is 52.1 cm³/mol. The molecule has 14 heavy (non-hydrogen) atoms. The van der Waals surface area contributed by atoms with Crippen LogP contribution in [0.3, 0.4) is 0 Å². The number of nitrogens with one attached hydrogen (secondary N) is 1. The molecule has 0 saturated heterocycles. The van der Waals surface area contributed by atoms with Crippen LogP contribution < -0.4 is 5.32 Å². The molecule has 0 bridgehead atoms. The molecule has 2 heterocycles. The van der Waals surface area contributed by atoms with Gasteiger partial charge >= 0.3 is 5.97 Å². The third-order valence-electron chi connectivity index (χ3n) is 2.71. The van der Waals surface area contributed by atoms with Crippen molar-refractivity contribution < 1.29 is 9.90 Å². The maximum absolute atomic E-state index is 11.0. The molecule has 0 radical (unpaired) electrons. The summed E-state index contributed by atoms with van der Waals surface area (Å²) in [6.45, 7) is 4.84. The number of carboxylic acids is 1. The summed E-state index contributed by atoms with van der Waals surface area (Å²) >= 11 is 0. The van der Waals surface area contributed by atoms with Crippen molar-refractivity contribution in [2.75, 3.05) is 6.54 Å². The summed E-state index contributed by atoms with van der Waals surface area (Å²) < 4.78 is 2.03.